The zero-order valence-corrected chi connectivity index (χ0v) is 14.3. The smallest absolute Gasteiger partial charge is 0.186 e. The van der Waals surface area contributed by atoms with Gasteiger partial charge in [-0.1, -0.05) is 29.8 Å². The van der Waals surface area contributed by atoms with Crippen LogP contribution in [-0.2, 0) is 0 Å². The Hall–Kier alpha value is -0.810. The van der Waals surface area contributed by atoms with E-state index in [9.17, 15) is 0 Å². The second kappa shape index (κ2) is 4.88. The summed E-state index contributed by atoms with van der Waals surface area (Å²) in [7, 11) is 0. The molecular weight excluding hydrogens is 336 g/mol. The second-order valence-electron chi connectivity index (χ2n) is 5.71. The lowest BCUT2D eigenvalue weighted by atomic mass is 9.81. The maximum Gasteiger partial charge on any atom is 0.186 e. The first-order valence-electron chi connectivity index (χ1n) is 7.04. The number of rotatable bonds is 2. The van der Waals surface area contributed by atoms with Gasteiger partial charge in [-0.2, -0.15) is 0 Å². The highest BCUT2D eigenvalue weighted by atomic mass is 79.9. The molecule has 3 atom stereocenters. The average molecular weight is 355 g/mol. The minimum absolute atomic E-state index is 0.210. The predicted molar refractivity (Wildman–Crippen MR) is 87.8 cm³/mol. The van der Waals surface area contributed by atoms with Crippen molar-refractivity contribution < 1.29 is 4.74 Å². The normalized spacial score (nSPS) is 31.4. The van der Waals surface area contributed by atoms with Crippen molar-refractivity contribution >= 4 is 33.3 Å². The summed E-state index contributed by atoms with van der Waals surface area (Å²) in [5.41, 5.74) is 0.812. The number of nitrogens with one attached hydrogen (secondary N) is 1. The van der Waals surface area contributed by atoms with E-state index in [-0.39, 0.29) is 11.8 Å². The number of fused-ring (bicyclic) bond motifs is 4. The van der Waals surface area contributed by atoms with Gasteiger partial charge < -0.3 is 15.0 Å². The maximum atomic E-state index is 6.37. The van der Waals surface area contributed by atoms with Crippen molar-refractivity contribution in [2.45, 2.75) is 39.0 Å². The molecule has 2 aliphatic heterocycles. The first kappa shape index (κ1) is 14.1. The van der Waals surface area contributed by atoms with Crippen molar-refractivity contribution in [3.63, 3.8) is 0 Å². The van der Waals surface area contributed by atoms with Gasteiger partial charge in [0.25, 0.3) is 0 Å². The molecule has 1 fully saturated rings. The van der Waals surface area contributed by atoms with E-state index in [1.807, 2.05) is 12.1 Å². The van der Waals surface area contributed by atoms with Crippen LogP contribution in [-0.4, -0.2) is 22.3 Å². The lowest BCUT2D eigenvalue weighted by molar-refractivity contribution is -0.110. The molecule has 2 heterocycles. The Morgan fingerprint density at radius 1 is 1.50 bits per heavy atom. The third-order valence-electron chi connectivity index (χ3n) is 4.48. The average Bonchev–Trinajstić information content (AvgIpc) is 2.40. The third-order valence-corrected chi connectivity index (χ3v) is 5.31. The summed E-state index contributed by atoms with van der Waals surface area (Å²) in [4.78, 5) is 2.19. The van der Waals surface area contributed by atoms with Gasteiger partial charge in [0, 0.05) is 22.5 Å². The Bertz CT molecular complexity index is 565. The lowest BCUT2D eigenvalue weighted by Gasteiger charge is -2.56. The van der Waals surface area contributed by atoms with Crippen LogP contribution in [0.25, 0.3) is 0 Å². The summed E-state index contributed by atoms with van der Waals surface area (Å²) < 4.78 is 7.44. The van der Waals surface area contributed by atoms with E-state index in [0.717, 1.165) is 28.3 Å². The molecule has 0 saturated carbocycles. The summed E-state index contributed by atoms with van der Waals surface area (Å²) in [6, 6.07) is 6.40. The SMILES string of the molecule is CCCN1C(=S)NC2c3cc(Br)ccc3OC1(C)C2C. The summed E-state index contributed by atoms with van der Waals surface area (Å²) in [6.07, 6.45) is 1.05. The van der Waals surface area contributed by atoms with Crippen molar-refractivity contribution in [2.75, 3.05) is 6.54 Å². The molecular formula is C15H19BrN2OS. The number of hydrogen-bond donors (Lipinski definition) is 1. The molecule has 1 aromatic rings. The van der Waals surface area contributed by atoms with Crippen molar-refractivity contribution in [2.24, 2.45) is 5.92 Å². The van der Waals surface area contributed by atoms with E-state index in [0.29, 0.717) is 5.92 Å². The van der Waals surface area contributed by atoms with Gasteiger partial charge in [0.1, 0.15) is 5.75 Å². The summed E-state index contributed by atoms with van der Waals surface area (Å²) in [5.74, 6) is 1.28. The molecule has 3 rings (SSSR count). The molecule has 0 amide bonds. The van der Waals surface area contributed by atoms with Gasteiger partial charge in [-0.25, -0.2) is 0 Å². The van der Waals surface area contributed by atoms with E-state index in [4.69, 9.17) is 17.0 Å². The van der Waals surface area contributed by atoms with E-state index in [2.05, 4.69) is 53.0 Å². The molecule has 1 saturated heterocycles. The van der Waals surface area contributed by atoms with E-state index >= 15 is 0 Å². The fourth-order valence-electron chi connectivity index (χ4n) is 3.21. The molecule has 0 aliphatic carbocycles. The molecule has 2 aliphatic rings. The van der Waals surface area contributed by atoms with Gasteiger partial charge in [0.05, 0.1) is 6.04 Å². The van der Waals surface area contributed by atoms with Crippen LogP contribution >= 0.6 is 28.1 Å². The number of hydrogen-bond acceptors (Lipinski definition) is 2. The molecule has 0 spiro atoms. The number of nitrogens with zero attached hydrogens (tertiary/aromatic N) is 1. The number of benzene rings is 1. The number of thiocarbonyl (C=S) groups is 1. The van der Waals surface area contributed by atoms with E-state index < -0.39 is 0 Å². The van der Waals surface area contributed by atoms with Crippen LogP contribution in [0.3, 0.4) is 0 Å². The van der Waals surface area contributed by atoms with Crippen LogP contribution < -0.4 is 10.1 Å². The standard InChI is InChI=1S/C15H19BrN2OS/c1-4-7-18-14(20)17-13-9(2)15(18,3)19-12-6-5-10(16)8-11(12)13/h5-6,8-9,13H,4,7H2,1-3H3,(H,17,20). The van der Waals surface area contributed by atoms with Crippen LogP contribution in [0.5, 0.6) is 5.75 Å². The predicted octanol–water partition coefficient (Wildman–Crippen LogP) is 3.84. The van der Waals surface area contributed by atoms with Crippen LogP contribution in [0.2, 0.25) is 0 Å². The highest BCUT2D eigenvalue weighted by molar-refractivity contribution is 9.10. The molecule has 1 aromatic carbocycles. The minimum Gasteiger partial charge on any atom is -0.467 e. The van der Waals surface area contributed by atoms with Gasteiger partial charge in [-0.3, -0.25) is 0 Å². The molecule has 20 heavy (non-hydrogen) atoms. The molecule has 3 nitrogen and oxygen atoms in total. The molecule has 0 radical (unpaired) electrons. The van der Waals surface area contributed by atoms with Crippen molar-refractivity contribution in [3.05, 3.63) is 28.2 Å². The molecule has 108 valence electrons. The van der Waals surface area contributed by atoms with Crippen molar-refractivity contribution in [1.29, 1.82) is 0 Å². The first-order valence-corrected chi connectivity index (χ1v) is 8.24. The van der Waals surface area contributed by atoms with Gasteiger partial charge in [0.15, 0.2) is 10.8 Å². The van der Waals surface area contributed by atoms with Crippen LogP contribution in [0.4, 0.5) is 0 Å². The Kier molecular flexibility index (Phi) is 3.45. The third kappa shape index (κ3) is 1.94. The Morgan fingerprint density at radius 2 is 2.25 bits per heavy atom. The van der Waals surface area contributed by atoms with Crippen molar-refractivity contribution in [1.82, 2.24) is 10.2 Å². The Labute approximate surface area is 133 Å². The molecule has 1 N–H and O–H groups in total. The van der Waals surface area contributed by atoms with Crippen molar-refractivity contribution in [3.8, 4) is 5.75 Å². The molecule has 0 aromatic heterocycles. The topological polar surface area (TPSA) is 24.5 Å². The number of ether oxygens (including phenoxy) is 1. The first-order chi connectivity index (χ1) is 9.47. The van der Waals surface area contributed by atoms with Crippen LogP contribution in [0.15, 0.2) is 22.7 Å². The van der Waals surface area contributed by atoms with Gasteiger partial charge in [0.2, 0.25) is 0 Å². The molecule has 3 unspecified atom stereocenters. The highest BCUT2D eigenvalue weighted by Crippen LogP contribution is 2.48. The summed E-state index contributed by atoms with van der Waals surface area (Å²) in [6.45, 7) is 7.45. The molecule has 5 heteroatoms. The van der Waals surface area contributed by atoms with Gasteiger partial charge in [-0.15, -0.1) is 0 Å². The lowest BCUT2D eigenvalue weighted by Crippen LogP contribution is -2.68. The van der Waals surface area contributed by atoms with E-state index in [1.165, 1.54) is 5.56 Å². The summed E-state index contributed by atoms with van der Waals surface area (Å²) in [5, 5.41) is 4.29. The number of halogens is 1. The van der Waals surface area contributed by atoms with E-state index in [1.54, 1.807) is 0 Å². The second-order valence-corrected chi connectivity index (χ2v) is 7.01. The van der Waals surface area contributed by atoms with Crippen LogP contribution in [0.1, 0.15) is 38.8 Å². The fourth-order valence-corrected chi connectivity index (χ4v) is 3.99. The van der Waals surface area contributed by atoms with Gasteiger partial charge in [-0.05, 0) is 43.8 Å². The zero-order chi connectivity index (χ0) is 14.5. The highest BCUT2D eigenvalue weighted by Gasteiger charge is 2.52. The monoisotopic (exact) mass is 354 g/mol. The van der Waals surface area contributed by atoms with Crippen LogP contribution in [0, 0.1) is 5.92 Å². The summed E-state index contributed by atoms with van der Waals surface area (Å²) >= 11 is 9.10. The fraction of sp³-hybridized carbons (Fsp3) is 0.533. The molecule has 2 bridgehead atoms. The largest absolute Gasteiger partial charge is 0.467 e. The van der Waals surface area contributed by atoms with Gasteiger partial charge >= 0.3 is 0 Å². The quantitative estimate of drug-likeness (QED) is 0.815. The minimum atomic E-state index is -0.371. The zero-order valence-electron chi connectivity index (χ0n) is 11.9. The Balaban J connectivity index is 2.09. The Morgan fingerprint density at radius 3 is 2.95 bits per heavy atom. The maximum absolute atomic E-state index is 6.37.